The number of ether oxygens (including phenoxy) is 1. The first-order chi connectivity index (χ1) is 18.1. The SMILES string of the molecule is COc1ccc(NC(=O)c2ccc(-c3ccccc3)cc2S(N)(=O)=O)cc1C1(C#N)CCN(C(C)C)CC1. The lowest BCUT2D eigenvalue weighted by Crippen LogP contribution is -2.44. The van der Waals surface area contributed by atoms with E-state index in [0.717, 1.165) is 18.7 Å². The van der Waals surface area contributed by atoms with Gasteiger partial charge in [-0.25, -0.2) is 13.6 Å². The molecule has 0 aromatic heterocycles. The van der Waals surface area contributed by atoms with Crippen LogP contribution in [0.15, 0.2) is 71.6 Å². The molecule has 0 radical (unpaired) electrons. The van der Waals surface area contributed by atoms with Gasteiger partial charge in [-0.05, 0) is 68.1 Å². The number of carbonyl (C=O) groups is 1. The maximum Gasteiger partial charge on any atom is 0.257 e. The minimum Gasteiger partial charge on any atom is -0.496 e. The van der Waals surface area contributed by atoms with Gasteiger partial charge in [-0.2, -0.15) is 5.26 Å². The van der Waals surface area contributed by atoms with E-state index < -0.39 is 21.3 Å². The molecular weight excluding hydrogens is 500 g/mol. The number of hydrogen-bond donors (Lipinski definition) is 2. The van der Waals surface area contributed by atoms with Gasteiger partial charge in [0.05, 0.1) is 29.1 Å². The summed E-state index contributed by atoms with van der Waals surface area (Å²) < 4.78 is 30.5. The average Bonchev–Trinajstić information content (AvgIpc) is 2.92. The first kappa shape index (κ1) is 27.3. The lowest BCUT2D eigenvalue weighted by atomic mass is 9.73. The lowest BCUT2D eigenvalue weighted by molar-refractivity contribution is 0.102. The van der Waals surface area contributed by atoms with E-state index in [2.05, 4.69) is 30.1 Å². The van der Waals surface area contributed by atoms with Crippen LogP contribution >= 0.6 is 0 Å². The normalized spacial score (nSPS) is 15.6. The number of benzene rings is 3. The van der Waals surface area contributed by atoms with Crippen LogP contribution in [0.5, 0.6) is 5.75 Å². The molecule has 0 atom stereocenters. The van der Waals surface area contributed by atoms with E-state index in [1.165, 1.54) is 12.1 Å². The minimum atomic E-state index is -4.19. The summed E-state index contributed by atoms with van der Waals surface area (Å²) in [6.45, 7) is 5.82. The van der Waals surface area contributed by atoms with Gasteiger partial charge >= 0.3 is 0 Å². The number of nitrogens with zero attached hydrogens (tertiary/aromatic N) is 2. The van der Waals surface area contributed by atoms with Crippen LogP contribution in [0.1, 0.15) is 42.6 Å². The Morgan fingerprint density at radius 3 is 2.32 bits per heavy atom. The number of sulfonamides is 1. The molecule has 1 heterocycles. The topological polar surface area (TPSA) is 126 Å². The molecule has 1 aliphatic rings. The van der Waals surface area contributed by atoms with Gasteiger partial charge in [0.2, 0.25) is 10.0 Å². The Morgan fingerprint density at radius 2 is 1.74 bits per heavy atom. The second-order valence-corrected chi connectivity index (χ2v) is 11.3. The monoisotopic (exact) mass is 532 g/mol. The second kappa shape index (κ2) is 11.0. The van der Waals surface area contributed by atoms with E-state index in [1.54, 1.807) is 31.4 Å². The molecule has 4 rings (SSSR count). The van der Waals surface area contributed by atoms with Crippen molar-refractivity contribution < 1.29 is 17.9 Å². The highest BCUT2D eigenvalue weighted by atomic mass is 32.2. The zero-order chi connectivity index (χ0) is 27.5. The van der Waals surface area contributed by atoms with E-state index in [0.29, 0.717) is 41.4 Å². The summed E-state index contributed by atoms with van der Waals surface area (Å²) in [4.78, 5) is 15.4. The molecule has 0 spiro atoms. The largest absolute Gasteiger partial charge is 0.496 e. The van der Waals surface area contributed by atoms with Gasteiger partial charge in [-0.1, -0.05) is 36.4 Å². The molecule has 1 saturated heterocycles. The molecule has 198 valence electrons. The van der Waals surface area contributed by atoms with Crippen LogP contribution in [-0.4, -0.2) is 45.5 Å². The Balaban J connectivity index is 1.67. The molecule has 1 fully saturated rings. The molecule has 3 N–H and O–H groups in total. The Morgan fingerprint density at radius 1 is 1.05 bits per heavy atom. The van der Waals surface area contributed by atoms with E-state index in [4.69, 9.17) is 9.88 Å². The van der Waals surface area contributed by atoms with Crippen LogP contribution in [-0.2, 0) is 15.4 Å². The number of carbonyl (C=O) groups excluding carboxylic acids is 1. The molecule has 3 aromatic rings. The predicted octanol–water partition coefficient (Wildman–Crippen LogP) is 4.53. The maximum atomic E-state index is 13.3. The number of likely N-dealkylation sites (tertiary alicyclic amines) is 1. The third kappa shape index (κ3) is 5.58. The van der Waals surface area contributed by atoms with Gasteiger partial charge in [-0.15, -0.1) is 0 Å². The number of nitriles is 1. The highest BCUT2D eigenvalue weighted by Crippen LogP contribution is 2.41. The molecule has 1 aliphatic heterocycles. The number of methoxy groups -OCH3 is 1. The van der Waals surface area contributed by atoms with Crippen LogP contribution < -0.4 is 15.2 Å². The van der Waals surface area contributed by atoms with E-state index in [-0.39, 0.29) is 10.5 Å². The number of rotatable bonds is 7. The molecule has 0 unspecified atom stereocenters. The maximum absolute atomic E-state index is 13.3. The summed E-state index contributed by atoms with van der Waals surface area (Å²) in [6, 6.07) is 21.8. The van der Waals surface area contributed by atoms with Gasteiger partial charge < -0.3 is 15.0 Å². The standard InChI is InChI=1S/C29H32N4O4S/c1-20(2)33-15-13-29(19-30,14-16-33)25-18-23(10-12-26(25)37-3)32-28(34)24-11-9-22(17-27(24)38(31,35)36)21-7-5-4-6-8-21/h4-12,17-18,20H,13-16H2,1-3H3,(H,32,34)(H2,31,35,36). The van der Waals surface area contributed by atoms with Gasteiger partial charge in [-0.3, -0.25) is 4.79 Å². The van der Waals surface area contributed by atoms with Crippen molar-refractivity contribution in [3.8, 4) is 22.9 Å². The number of nitrogens with one attached hydrogen (secondary N) is 1. The van der Waals surface area contributed by atoms with E-state index in [1.807, 2.05) is 30.3 Å². The molecule has 9 heteroatoms. The zero-order valence-corrected chi connectivity index (χ0v) is 22.6. The number of nitrogens with two attached hydrogens (primary N) is 1. The summed E-state index contributed by atoms with van der Waals surface area (Å²) in [5.41, 5.74) is 1.73. The summed E-state index contributed by atoms with van der Waals surface area (Å²) in [5, 5.41) is 18.5. The van der Waals surface area contributed by atoms with Crippen molar-refractivity contribution in [1.29, 1.82) is 5.26 Å². The summed E-state index contributed by atoms with van der Waals surface area (Å²) in [5.74, 6) is -0.0506. The zero-order valence-electron chi connectivity index (χ0n) is 21.8. The molecular formula is C29H32N4O4S. The third-order valence-corrected chi connectivity index (χ3v) is 8.16. The lowest BCUT2D eigenvalue weighted by Gasteiger charge is -2.40. The van der Waals surface area contributed by atoms with Crippen molar-refractivity contribution in [3.05, 3.63) is 77.9 Å². The van der Waals surface area contributed by atoms with Crippen molar-refractivity contribution in [2.75, 3.05) is 25.5 Å². The molecule has 0 aliphatic carbocycles. The Labute approximate surface area is 224 Å². The van der Waals surface area contributed by atoms with Crippen molar-refractivity contribution in [1.82, 2.24) is 4.90 Å². The second-order valence-electron chi connectivity index (χ2n) is 9.81. The number of primary sulfonamides is 1. The van der Waals surface area contributed by atoms with Crippen LogP contribution in [0, 0.1) is 11.3 Å². The van der Waals surface area contributed by atoms with Gasteiger partial charge in [0, 0.05) is 30.4 Å². The van der Waals surface area contributed by atoms with Crippen molar-refractivity contribution >= 4 is 21.6 Å². The first-order valence-electron chi connectivity index (χ1n) is 12.5. The minimum absolute atomic E-state index is 0.0650. The van der Waals surface area contributed by atoms with Gasteiger partial charge in [0.1, 0.15) is 5.75 Å². The summed E-state index contributed by atoms with van der Waals surface area (Å²) in [7, 11) is -2.64. The van der Waals surface area contributed by atoms with Crippen molar-refractivity contribution in [2.45, 2.75) is 43.0 Å². The molecule has 3 aromatic carbocycles. The van der Waals surface area contributed by atoms with Crippen LogP contribution in [0.3, 0.4) is 0 Å². The number of amides is 1. The summed E-state index contributed by atoms with van der Waals surface area (Å²) in [6.07, 6.45) is 1.26. The molecule has 8 nitrogen and oxygen atoms in total. The summed E-state index contributed by atoms with van der Waals surface area (Å²) >= 11 is 0. The highest BCUT2D eigenvalue weighted by molar-refractivity contribution is 7.89. The third-order valence-electron chi connectivity index (χ3n) is 7.21. The highest BCUT2D eigenvalue weighted by Gasteiger charge is 2.39. The van der Waals surface area contributed by atoms with Crippen LogP contribution in [0.4, 0.5) is 5.69 Å². The fourth-order valence-corrected chi connectivity index (χ4v) is 5.74. The molecule has 1 amide bonds. The van der Waals surface area contributed by atoms with E-state index >= 15 is 0 Å². The first-order valence-corrected chi connectivity index (χ1v) is 14.0. The number of piperidine rings is 1. The molecule has 38 heavy (non-hydrogen) atoms. The smallest absolute Gasteiger partial charge is 0.257 e. The van der Waals surface area contributed by atoms with Gasteiger partial charge in [0.25, 0.3) is 5.91 Å². The molecule has 0 saturated carbocycles. The van der Waals surface area contributed by atoms with Gasteiger partial charge in [0.15, 0.2) is 0 Å². The fourth-order valence-electron chi connectivity index (χ4n) is 4.98. The van der Waals surface area contributed by atoms with Crippen molar-refractivity contribution in [2.24, 2.45) is 5.14 Å². The number of hydrogen-bond acceptors (Lipinski definition) is 6. The quantitative estimate of drug-likeness (QED) is 0.461. The van der Waals surface area contributed by atoms with Crippen LogP contribution in [0.25, 0.3) is 11.1 Å². The fraction of sp³-hybridized carbons (Fsp3) is 0.310. The van der Waals surface area contributed by atoms with Crippen molar-refractivity contribution in [3.63, 3.8) is 0 Å². The number of anilines is 1. The Hall–Kier alpha value is -3.71. The predicted molar refractivity (Wildman–Crippen MR) is 147 cm³/mol. The average molecular weight is 533 g/mol. The molecule has 0 bridgehead atoms. The van der Waals surface area contributed by atoms with Crippen LogP contribution in [0.2, 0.25) is 0 Å². The Kier molecular flexibility index (Phi) is 7.88. The Bertz CT molecular complexity index is 1470. The van der Waals surface area contributed by atoms with E-state index in [9.17, 15) is 18.5 Å².